The van der Waals surface area contributed by atoms with Gasteiger partial charge in [0.25, 0.3) is 0 Å². The number of anilines is 1. The number of Topliss-reactive ketones (excluding diaryl/α,β-unsaturated/α-hetero) is 1. The monoisotopic (exact) mass is 437 g/mol. The summed E-state index contributed by atoms with van der Waals surface area (Å²) in [5.74, 6) is -0.154. The van der Waals surface area contributed by atoms with Crippen molar-refractivity contribution in [3.05, 3.63) is 74.9 Å². The van der Waals surface area contributed by atoms with Crippen molar-refractivity contribution in [3.8, 4) is 5.69 Å². The fraction of sp³-hybridized carbons (Fsp3) is 0.227. The summed E-state index contributed by atoms with van der Waals surface area (Å²) in [6.45, 7) is 5.77. The summed E-state index contributed by atoms with van der Waals surface area (Å²) >= 11 is 3.43. The van der Waals surface area contributed by atoms with Crippen LogP contribution in [0.3, 0.4) is 0 Å². The van der Waals surface area contributed by atoms with Crippen LogP contribution in [0.15, 0.2) is 46.9 Å². The first kappa shape index (κ1) is 18.6. The van der Waals surface area contributed by atoms with Crippen LogP contribution >= 0.6 is 15.9 Å². The lowest BCUT2D eigenvalue weighted by Gasteiger charge is -2.24. The zero-order chi connectivity index (χ0) is 20.0. The molecular formula is C22H20BrN3O2. The Hall–Kier alpha value is -2.73. The Morgan fingerprint density at radius 1 is 1.14 bits per heavy atom. The van der Waals surface area contributed by atoms with Gasteiger partial charge in [0.2, 0.25) is 5.91 Å². The Labute approximate surface area is 171 Å². The molecule has 0 aliphatic carbocycles. The van der Waals surface area contributed by atoms with E-state index >= 15 is 0 Å². The number of nitrogens with zero attached hydrogens (tertiary/aromatic N) is 2. The van der Waals surface area contributed by atoms with Gasteiger partial charge in [-0.25, -0.2) is 4.68 Å². The van der Waals surface area contributed by atoms with E-state index in [0.717, 1.165) is 32.5 Å². The van der Waals surface area contributed by atoms with E-state index in [1.807, 2.05) is 63.2 Å². The molecule has 6 heteroatoms. The van der Waals surface area contributed by atoms with Gasteiger partial charge in [-0.05, 0) is 56.7 Å². The predicted molar refractivity (Wildman–Crippen MR) is 112 cm³/mol. The number of benzene rings is 2. The third kappa shape index (κ3) is 3.18. The average molecular weight is 438 g/mol. The smallest absolute Gasteiger partial charge is 0.226 e. The lowest BCUT2D eigenvalue weighted by atomic mass is 9.84. The highest BCUT2D eigenvalue weighted by Gasteiger charge is 2.36. The minimum atomic E-state index is -0.534. The maximum atomic E-state index is 13.4. The number of carbonyl (C=O) groups excluding carboxylic acids is 2. The summed E-state index contributed by atoms with van der Waals surface area (Å²) < 4.78 is 2.67. The number of nitrogens with one attached hydrogen (secondary N) is 1. The van der Waals surface area contributed by atoms with Crippen LogP contribution in [0, 0.1) is 20.8 Å². The van der Waals surface area contributed by atoms with E-state index < -0.39 is 5.92 Å². The van der Waals surface area contributed by atoms with Crippen LogP contribution in [-0.2, 0) is 4.79 Å². The van der Waals surface area contributed by atoms with Gasteiger partial charge >= 0.3 is 0 Å². The van der Waals surface area contributed by atoms with Crippen molar-refractivity contribution in [1.29, 1.82) is 0 Å². The maximum Gasteiger partial charge on any atom is 0.226 e. The van der Waals surface area contributed by atoms with Gasteiger partial charge in [-0.1, -0.05) is 33.6 Å². The van der Waals surface area contributed by atoms with Crippen molar-refractivity contribution in [2.75, 3.05) is 5.32 Å². The molecule has 1 unspecified atom stereocenters. The van der Waals surface area contributed by atoms with E-state index in [1.54, 1.807) is 4.68 Å². The van der Waals surface area contributed by atoms with E-state index in [9.17, 15) is 9.59 Å². The normalized spacial score (nSPS) is 15.9. The summed E-state index contributed by atoms with van der Waals surface area (Å²) in [6, 6.07) is 13.5. The van der Waals surface area contributed by atoms with Crippen molar-refractivity contribution >= 4 is 33.4 Å². The van der Waals surface area contributed by atoms with Crippen LogP contribution in [0.4, 0.5) is 5.82 Å². The third-order valence-corrected chi connectivity index (χ3v) is 5.68. The van der Waals surface area contributed by atoms with Crippen molar-refractivity contribution in [2.45, 2.75) is 33.1 Å². The van der Waals surface area contributed by atoms with Crippen LogP contribution in [0.5, 0.6) is 0 Å². The van der Waals surface area contributed by atoms with Gasteiger partial charge < -0.3 is 5.32 Å². The summed E-state index contributed by atoms with van der Waals surface area (Å²) in [5.41, 5.74) is 4.99. The molecule has 5 nitrogen and oxygen atoms in total. The van der Waals surface area contributed by atoms with Gasteiger partial charge in [-0.15, -0.1) is 0 Å². The molecule has 4 rings (SSSR count). The fourth-order valence-electron chi connectivity index (χ4n) is 3.73. The number of carbonyl (C=O) groups is 2. The van der Waals surface area contributed by atoms with Gasteiger partial charge in [0.1, 0.15) is 5.82 Å². The Balaban J connectivity index is 1.83. The van der Waals surface area contributed by atoms with Crippen LogP contribution < -0.4 is 5.32 Å². The number of ketones is 1. The third-order valence-electron chi connectivity index (χ3n) is 5.15. The molecular weight excluding hydrogens is 418 g/mol. The Morgan fingerprint density at radius 3 is 2.57 bits per heavy atom. The summed E-state index contributed by atoms with van der Waals surface area (Å²) in [4.78, 5) is 25.9. The summed E-state index contributed by atoms with van der Waals surface area (Å²) in [5, 5.41) is 7.55. The van der Waals surface area contributed by atoms with Crippen molar-refractivity contribution in [3.63, 3.8) is 0 Å². The zero-order valence-corrected chi connectivity index (χ0v) is 17.5. The lowest BCUT2D eigenvalue weighted by molar-refractivity contribution is -0.116. The molecule has 3 aromatic rings. The number of aromatic nitrogens is 2. The second kappa shape index (κ2) is 7.02. The Kier molecular flexibility index (Phi) is 4.67. The number of rotatable bonds is 3. The van der Waals surface area contributed by atoms with Gasteiger partial charge in [0.15, 0.2) is 5.78 Å². The van der Waals surface area contributed by atoms with Crippen LogP contribution in [-0.4, -0.2) is 21.5 Å². The molecule has 28 heavy (non-hydrogen) atoms. The minimum Gasteiger partial charge on any atom is -0.310 e. The van der Waals surface area contributed by atoms with Crippen LogP contribution in [0.25, 0.3) is 5.69 Å². The molecule has 0 spiro atoms. The first-order chi connectivity index (χ1) is 13.3. The zero-order valence-electron chi connectivity index (χ0n) is 15.9. The van der Waals surface area contributed by atoms with Crippen molar-refractivity contribution in [1.82, 2.24) is 9.78 Å². The van der Waals surface area contributed by atoms with Crippen molar-refractivity contribution in [2.24, 2.45) is 0 Å². The minimum absolute atomic E-state index is 0.0317. The number of amides is 1. The fourth-order valence-corrected chi connectivity index (χ4v) is 3.99. The summed E-state index contributed by atoms with van der Waals surface area (Å²) in [7, 11) is 0. The second-order valence-electron chi connectivity index (χ2n) is 7.22. The molecule has 0 radical (unpaired) electrons. The average Bonchev–Trinajstić information content (AvgIpc) is 2.99. The standard InChI is InChI=1S/C22H20BrN3O2/c1-12-4-5-13(2)17(10-12)21(28)18-11-19(27)24-22-20(18)14(3)25-26(22)16-8-6-15(23)7-9-16/h4-10,18H,11H2,1-3H3,(H,24,27). The van der Waals surface area contributed by atoms with Gasteiger partial charge in [-0.3, -0.25) is 9.59 Å². The molecule has 0 saturated heterocycles. The van der Waals surface area contributed by atoms with Gasteiger partial charge in [0, 0.05) is 22.0 Å². The second-order valence-corrected chi connectivity index (χ2v) is 8.14. The SMILES string of the molecule is Cc1ccc(C)c(C(=O)C2CC(=O)Nc3c2c(C)nn3-c2ccc(Br)cc2)c1. The molecule has 1 aromatic heterocycles. The molecule has 1 aliphatic heterocycles. The Morgan fingerprint density at radius 2 is 1.86 bits per heavy atom. The molecule has 2 aromatic carbocycles. The van der Waals surface area contributed by atoms with Gasteiger partial charge in [0.05, 0.1) is 17.3 Å². The molecule has 142 valence electrons. The van der Waals surface area contributed by atoms with Crippen LogP contribution in [0.1, 0.15) is 45.1 Å². The number of hydrogen-bond acceptors (Lipinski definition) is 3. The molecule has 1 aliphatic rings. The molecule has 0 saturated carbocycles. The van der Waals surface area contributed by atoms with E-state index in [1.165, 1.54) is 0 Å². The number of aryl methyl sites for hydroxylation is 3. The lowest BCUT2D eigenvalue weighted by Crippen LogP contribution is -2.28. The highest BCUT2D eigenvalue weighted by molar-refractivity contribution is 9.10. The topological polar surface area (TPSA) is 64.0 Å². The van der Waals surface area contributed by atoms with E-state index in [2.05, 4.69) is 26.3 Å². The van der Waals surface area contributed by atoms with E-state index in [0.29, 0.717) is 11.4 Å². The first-order valence-corrected chi connectivity index (χ1v) is 9.91. The highest BCUT2D eigenvalue weighted by atomic mass is 79.9. The molecule has 1 atom stereocenters. The Bertz CT molecular complexity index is 1100. The molecule has 2 heterocycles. The largest absolute Gasteiger partial charge is 0.310 e. The maximum absolute atomic E-state index is 13.4. The quantitative estimate of drug-likeness (QED) is 0.594. The molecule has 1 amide bonds. The molecule has 0 fully saturated rings. The van der Waals surface area contributed by atoms with E-state index in [-0.39, 0.29) is 18.1 Å². The van der Waals surface area contributed by atoms with Gasteiger partial charge in [-0.2, -0.15) is 5.10 Å². The number of hydrogen-bond donors (Lipinski definition) is 1. The summed E-state index contributed by atoms with van der Waals surface area (Å²) in [6.07, 6.45) is 0.131. The number of fused-ring (bicyclic) bond motifs is 1. The number of halogens is 1. The first-order valence-electron chi connectivity index (χ1n) is 9.12. The molecule has 1 N–H and O–H groups in total. The van der Waals surface area contributed by atoms with E-state index in [4.69, 9.17) is 0 Å². The molecule has 0 bridgehead atoms. The predicted octanol–water partition coefficient (Wildman–Crippen LogP) is 4.87. The van der Waals surface area contributed by atoms with Crippen LogP contribution in [0.2, 0.25) is 0 Å². The highest BCUT2D eigenvalue weighted by Crippen LogP contribution is 2.38. The van der Waals surface area contributed by atoms with Crippen molar-refractivity contribution < 1.29 is 9.59 Å².